The molecule has 0 aliphatic carbocycles. The maximum atomic E-state index is 6.18. The molecule has 6 nitrogen and oxygen atoms in total. The third kappa shape index (κ3) is 3.07. The lowest BCUT2D eigenvalue weighted by Crippen LogP contribution is -2.00. The molecule has 0 N–H and O–H groups in total. The minimum absolute atomic E-state index is 0.541. The molecule has 0 spiro atoms. The Morgan fingerprint density at radius 2 is 1.78 bits per heavy atom. The van der Waals surface area contributed by atoms with Crippen molar-refractivity contribution in [3.8, 4) is 28.6 Å². The number of benzene rings is 1. The van der Waals surface area contributed by atoms with E-state index < -0.39 is 0 Å². The standard InChI is InChI=1S/C21H21NO5/c1-23-18-10-13(11-19(24-2)21(18)25-3)17-12-15-20(27-17)14(7-8-22-15)16-6-4-5-9-26-16/h6-8,10-12H,4-5,9H2,1-3H3. The van der Waals surface area contributed by atoms with Crippen LogP contribution in [0.25, 0.3) is 28.2 Å². The van der Waals surface area contributed by atoms with Crippen molar-refractivity contribution in [3.63, 3.8) is 0 Å². The van der Waals surface area contributed by atoms with Crippen LogP contribution in [0.4, 0.5) is 0 Å². The van der Waals surface area contributed by atoms with Gasteiger partial charge in [0.1, 0.15) is 17.0 Å². The van der Waals surface area contributed by atoms with Gasteiger partial charge in [-0.05, 0) is 37.1 Å². The number of ether oxygens (including phenoxy) is 4. The van der Waals surface area contributed by atoms with Gasteiger partial charge in [-0.1, -0.05) is 0 Å². The first-order valence-corrected chi connectivity index (χ1v) is 8.77. The number of methoxy groups -OCH3 is 3. The molecule has 4 rings (SSSR count). The van der Waals surface area contributed by atoms with E-state index in [4.69, 9.17) is 23.4 Å². The number of nitrogens with zero attached hydrogens (tertiary/aromatic N) is 1. The van der Waals surface area contributed by atoms with E-state index in [2.05, 4.69) is 11.1 Å². The highest BCUT2D eigenvalue weighted by Crippen LogP contribution is 2.42. The highest BCUT2D eigenvalue weighted by molar-refractivity contribution is 5.89. The second kappa shape index (κ2) is 7.23. The van der Waals surface area contributed by atoms with Crippen LogP contribution in [0.1, 0.15) is 18.4 Å². The Labute approximate surface area is 157 Å². The summed E-state index contributed by atoms with van der Waals surface area (Å²) in [6, 6.07) is 7.54. The predicted molar refractivity (Wildman–Crippen MR) is 102 cm³/mol. The molecule has 3 aromatic rings. The number of furan rings is 1. The van der Waals surface area contributed by atoms with Crippen molar-refractivity contribution < 1.29 is 23.4 Å². The van der Waals surface area contributed by atoms with Crippen LogP contribution >= 0.6 is 0 Å². The van der Waals surface area contributed by atoms with E-state index in [1.807, 2.05) is 24.3 Å². The third-order valence-corrected chi connectivity index (χ3v) is 4.56. The van der Waals surface area contributed by atoms with Gasteiger partial charge in [-0.25, -0.2) is 0 Å². The van der Waals surface area contributed by atoms with Crippen molar-refractivity contribution in [2.45, 2.75) is 12.8 Å². The van der Waals surface area contributed by atoms with Crippen LogP contribution in [0.2, 0.25) is 0 Å². The molecule has 0 atom stereocenters. The molecule has 0 radical (unpaired) electrons. The Kier molecular flexibility index (Phi) is 4.62. The molecule has 0 unspecified atom stereocenters. The maximum Gasteiger partial charge on any atom is 0.203 e. The van der Waals surface area contributed by atoms with Crippen LogP contribution in [0.5, 0.6) is 17.2 Å². The van der Waals surface area contributed by atoms with E-state index in [1.54, 1.807) is 27.5 Å². The first-order chi connectivity index (χ1) is 13.2. The number of fused-ring (bicyclic) bond motifs is 1. The molecule has 27 heavy (non-hydrogen) atoms. The predicted octanol–water partition coefficient (Wildman–Crippen LogP) is 4.67. The maximum absolute atomic E-state index is 6.18. The molecule has 0 saturated carbocycles. The first-order valence-electron chi connectivity index (χ1n) is 8.77. The normalized spacial score (nSPS) is 13.8. The van der Waals surface area contributed by atoms with E-state index in [0.29, 0.717) is 28.6 Å². The van der Waals surface area contributed by atoms with E-state index in [1.165, 1.54) is 0 Å². The van der Waals surface area contributed by atoms with Crippen molar-refractivity contribution in [1.29, 1.82) is 0 Å². The van der Waals surface area contributed by atoms with Gasteiger partial charge in [0.25, 0.3) is 0 Å². The smallest absolute Gasteiger partial charge is 0.203 e. The number of hydrogen-bond donors (Lipinski definition) is 0. The van der Waals surface area contributed by atoms with Crippen molar-refractivity contribution >= 4 is 16.9 Å². The van der Waals surface area contributed by atoms with Crippen LogP contribution < -0.4 is 14.2 Å². The Morgan fingerprint density at radius 1 is 1.00 bits per heavy atom. The summed E-state index contributed by atoms with van der Waals surface area (Å²) in [5.74, 6) is 3.19. The largest absolute Gasteiger partial charge is 0.493 e. The van der Waals surface area contributed by atoms with Gasteiger partial charge >= 0.3 is 0 Å². The lowest BCUT2D eigenvalue weighted by Gasteiger charge is -2.15. The van der Waals surface area contributed by atoms with Gasteiger partial charge in [0, 0.05) is 17.8 Å². The molecule has 6 heteroatoms. The molecular formula is C21H21NO5. The fraction of sp³-hybridized carbons (Fsp3) is 0.286. The molecule has 140 valence electrons. The van der Waals surface area contributed by atoms with Crippen LogP contribution in [0.15, 0.2) is 41.0 Å². The van der Waals surface area contributed by atoms with E-state index in [9.17, 15) is 0 Å². The molecule has 1 aliphatic heterocycles. The molecule has 0 amide bonds. The quantitative estimate of drug-likeness (QED) is 0.653. The van der Waals surface area contributed by atoms with Gasteiger partial charge in [-0.2, -0.15) is 0 Å². The highest BCUT2D eigenvalue weighted by Gasteiger charge is 2.19. The van der Waals surface area contributed by atoms with Crippen molar-refractivity contribution in [2.75, 3.05) is 27.9 Å². The van der Waals surface area contributed by atoms with Crippen LogP contribution in [0.3, 0.4) is 0 Å². The summed E-state index contributed by atoms with van der Waals surface area (Å²) in [6.07, 6.45) is 5.90. The van der Waals surface area contributed by atoms with Gasteiger partial charge in [0.05, 0.1) is 33.5 Å². The van der Waals surface area contributed by atoms with Crippen molar-refractivity contribution in [3.05, 3.63) is 42.1 Å². The molecule has 0 bridgehead atoms. The summed E-state index contributed by atoms with van der Waals surface area (Å²) in [6.45, 7) is 0.718. The molecule has 2 aromatic heterocycles. The van der Waals surface area contributed by atoms with Gasteiger partial charge in [-0.15, -0.1) is 0 Å². The summed E-state index contributed by atoms with van der Waals surface area (Å²) in [7, 11) is 4.76. The molecule has 3 heterocycles. The second-order valence-corrected chi connectivity index (χ2v) is 6.16. The molecule has 0 saturated heterocycles. The monoisotopic (exact) mass is 367 g/mol. The fourth-order valence-electron chi connectivity index (χ4n) is 3.24. The minimum atomic E-state index is 0.541. The summed E-state index contributed by atoms with van der Waals surface area (Å²) in [5, 5.41) is 0. The van der Waals surface area contributed by atoms with Crippen LogP contribution in [-0.4, -0.2) is 32.9 Å². The van der Waals surface area contributed by atoms with Crippen molar-refractivity contribution in [2.24, 2.45) is 0 Å². The lowest BCUT2D eigenvalue weighted by molar-refractivity contribution is 0.259. The third-order valence-electron chi connectivity index (χ3n) is 4.56. The number of allylic oxidation sites excluding steroid dienone is 1. The Balaban J connectivity index is 1.84. The molecule has 1 aromatic carbocycles. The SMILES string of the molecule is COc1cc(-c2cc3nccc(C4=CCCCO4)c3o2)cc(OC)c1OC. The highest BCUT2D eigenvalue weighted by atomic mass is 16.5. The molecular weight excluding hydrogens is 346 g/mol. The zero-order valence-corrected chi connectivity index (χ0v) is 15.6. The molecule has 0 fully saturated rings. The van der Waals surface area contributed by atoms with Gasteiger partial charge < -0.3 is 23.4 Å². The van der Waals surface area contributed by atoms with E-state index >= 15 is 0 Å². The van der Waals surface area contributed by atoms with Gasteiger partial charge in [0.15, 0.2) is 17.1 Å². The summed E-state index contributed by atoms with van der Waals surface area (Å²) < 4.78 is 28.3. The molecule has 1 aliphatic rings. The topological polar surface area (TPSA) is 63.0 Å². The van der Waals surface area contributed by atoms with Crippen molar-refractivity contribution in [1.82, 2.24) is 4.98 Å². The number of rotatable bonds is 5. The number of pyridine rings is 1. The zero-order valence-electron chi connectivity index (χ0n) is 15.6. The van der Waals surface area contributed by atoms with Crippen LogP contribution in [-0.2, 0) is 4.74 Å². The Morgan fingerprint density at radius 3 is 2.41 bits per heavy atom. The lowest BCUT2D eigenvalue weighted by atomic mass is 10.1. The Bertz CT molecular complexity index is 980. The van der Waals surface area contributed by atoms with Crippen LogP contribution in [0, 0.1) is 0 Å². The van der Waals surface area contributed by atoms with Gasteiger partial charge in [-0.3, -0.25) is 4.98 Å². The first kappa shape index (κ1) is 17.3. The number of hydrogen-bond acceptors (Lipinski definition) is 6. The Hall–Kier alpha value is -3.15. The second-order valence-electron chi connectivity index (χ2n) is 6.16. The minimum Gasteiger partial charge on any atom is -0.493 e. The summed E-state index contributed by atoms with van der Waals surface area (Å²) >= 11 is 0. The average Bonchev–Trinajstić information content (AvgIpc) is 3.17. The van der Waals surface area contributed by atoms with E-state index in [0.717, 1.165) is 41.9 Å². The van der Waals surface area contributed by atoms with Gasteiger partial charge in [0.2, 0.25) is 5.75 Å². The average molecular weight is 367 g/mol. The summed E-state index contributed by atoms with van der Waals surface area (Å²) in [5.41, 5.74) is 3.20. The fourth-order valence-corrected chi connectivity index (χ4v) is 3.24. The number of aromatic nitrogens is 1. The summed E-state index contributed by atoms with van der Waals surface area (Å²) in [4.78, 5) is 4.44. The van der Waals surface area contributed by atoms with E-state index in [-0.39, 0.29) is 0 Å². The zero-order chi connectivity index (χ0) is 18.8.